The van der Waals surface area contributed by atoms with E-state index in [9.17, 15) is 0 Å². The number of hydrogen-bond acceptors (Lipinski definition) is 3. The first-order valence-electron chi connectivity index (χ1n) is 6.99. The molecule has 0 unspecified atom stereocenters. The molecule has 18 heavy (non-hydrogen) atoms. The highest BCUT2D eigenvalue weighted by Gasteiger charge is 2.44. The second-order valence-corrected chi connectivity index (χ2v) is 7.94. The average Bonchev–Trinajstić information content (AvgIpc) is 2.87. The number of hydrogen-bond donors (Lipinski definition) is 1. The third-order valence-corrected chi connectivity index (χ3v) is 5.04. The number of thiazole rings is 1. The molecule has 1 aliphatic rings. The van der Waals surface area contributed by atoms with Crippen LogP contribution < -0.4 is 5.32 Å². The predicted octanol–water partition coefficient (Wildman–Crippen LogP) is 3.97. The summed E-state index contributed by atoms with van der Waals surface area (Å²) in [6, 6.07) is 0. The lowest BCUT2D eigenvalue weighted by Crippen LogP contribution is -2.27. The number of rotatable bonds is 5. The fourth-order valence-corrected chi connectivity index (χ4v) is 3.26. The Bertz CT molecular complexity index is 397. The topological polar surface area (TPSA) is 24.9 Å². The highest BCUT2D eigenvalue weighted by molar-refractivity contribution is 7.09. The van der Waals surface area contributed by atoms with Gasteiger partial charge in [0.25, 0.3) is 0 Å². The van der Waals surface area contributed by atoms with Gasteiger partial charge in [0.15, 0.2) is 0 Å². The van der Waals surface area contributed by atoms with Crippen molar-refractivity contribution in [1.82, 2.24) is 10.3 Å². The summed E-state index contributed by atoms with van der Waals surface area (Å²) in [7, 11) is 0. The van der Waals surface area contributed by atoms with E-state index in [1.54, 1.807) is 11.3 Å². The highest BCUT2D eigenvalue weighted by atomic mass is 32.1. The minimum atomic E-state index is 0.171. The summed E-state index contributed by atoms with van der Waals surface area (Å²) in [5.74, 6) is 0.798. The molecule has 2 nitrogen and oxygen atoms in total. The molecular weight excluding hydrogens is 240 g/mol. The summed E-state index contributed by atoms with van der Waals surface area (Å²) in [4.78, 5) is 4.72. The van der Waals surface area contributed by atoms with Crippen molar-refractivity contribution in [2.45, 2.75) is 59.4 Å². The van der Waals surface area contributed by atoms with Gasteiger partial charge in [-0.2, -0.15) is 0 Å². The lowest BCUT2D eigenvalue weighted by molar-refractivity contribution is 0.337. The minimum Gasteiger partial charge on any atom is -0.310 e. The van der Waals surface area contributed by atoms with E-state index in [2.05, 4.69) is 45.3 Å². The minimum absolute atomic E-state index is 0.171. The van der Waals surface area contributed by atoms with Gasteiger partial charge in [0.05, 0.1) is 5.69 Å². The SMILES string of the molecule is CC(C)C1(CNCc2nc(C(C)(C)C)cs2)CC1. The Morgan fingerprint density at radius 1 is 1.39 bits per heavy atom. The first-order valence-corrected chi connectivity index (χ1v) is 7.87. The largest absolute Gasteiger partial charge is 0.310 e. The fourth-order valence-electron chi connectivity index (χ4n) is 2.27. The van der Waals surface area contributed by atoms with Crippen molar-refractivity contribution >= 4 is 11.3 Å². The predicted molar refractivity (Wildman–Crippen MR) is 79.0 cm³/mol. The molecule has 102 valence electrons. The van der Waals surface area contributed by atoms with Crippen molar-refractivity contribution in [1.29, 1.82) is 0 Å². The van der Waals surface area contributed by atoms with Gasteiger partial charge in [-0.05, 0) is 24.2 Å². The second-order valence-electron chi connectivity index (χ2n) is 7.00. The molecule has 0 bridgehead atoms. The van der Waals surface area contributed by atoms with Crippen LogP contribution in [0.5, 0.6) is 0 Å². The molecule has 0 aromatic carbocycles. The van der Waals surface area contributed by atoms with Gasteiger partial charge in [0, 0.05) is 23.9 Å². The molecule has 2 rings (SSSR count). The summed E-state index contributed by atoms with van der Waals surface area (Å²) >= 11 is 1.78. The van der Waals surface area contributed by atoms with Crippen LogP contribution in [0.2, 0.25) is 0 Å². The molecule has 0 saturated heterocycles. The van der Waals surface area contributed by atoms with Gasteiger partial charge in [-0.3, -0.25) is 0 Å². The number of aromatic nitrogens is 1. The van der Waals surface area contributed by atoms with Gasteiger partial charge < -0.3 is 5.32 Å². The number of nitrogens with one attached hydrogen (secondary N) is 1. The zero-order valence-corrected chi connectivity index (χ0v) is 13.2. The molecule has 1 aromatic heterocycles. The molecule has 1 heterocycles. The molecule has 3 heteroatoms. The third-order valence-electron chi connectivity index (χ3n) is 4.19. The van der Waals surface area contributed by atoms with E-state index in [1.165, 1.54) is 23.5 Å². The third kappa shape index (κ3) is 3.12. The molecule has 1 N–H and O–H groups in total. The van der Waals surface area contributed by atoms with Gasteiger partial charge in [-0.15, -0.1) is 11.3 Å². The summed E-state index contributed by atoms with van der Waals surface area (Å²) in [6.45, 7) is 13.4. The van der Waals surface area contributed by atoms with Crippen LogP contribution in [0.3, 0.4) is 0 Å². The number of nitrogens with zero attached hydrogens (tertiary/aromatic N) is 1. The van der Waals surface area contributed by atoms with Crippen LogP contribution in [0, 0.1) is 11.3 Å². The molecule has 0 aliphatic heterocycles. The van der Waals surface area contributed by atoms with Gasteiger partial charge in [-0.25, -0.2) is 4.98 Å². The monoisotopic (exact) mass is 266 g/mol. The van der Waals surface area contributed by atoms with Gasteiger partial charge in [0.2, 0.25) is 0 Å². The van der Waals surface area contributed by atoms with Crippen LogP contribution in [0.25, 0.3) is 0 Å². The van der Waals surface area contributed by atoms with Crippen molar-refractivity contribution in [3.8, 4) is 0 Å². The van der Waals surface area contributed by atoms with Gasteiger partial charge in [-0.1, -0.05) is 34.6 Å². The lowest BCUT2D eigenvalue weighted by Gasteiger charge is -2.19. The van der Waals surface area contributed by atoms with Crippen LogP contribution in [-0.2, 0) is 12.0 Å². The van der Waals surface area contributed by atoms with E-state index in [0.29, 0.717) is 5.41 Å². The Balaban J connectivity index is 1.83. The zero-order valence-electron chi connectivity index (χ0n) is 12.3. The van der Waals surface area contributed by atoms with E-state index >= 15 is 0 Å². The normalized spacial score (nSPS) is 18.3. The Hall–Kier alpha value is -0.410. The van der Waals surface area contributed by atoms with Crippen LogP contribution in [-0.4, -0.2) is 11.5 Å². The zero-order chi connectivity index (χ0) is 13.4. The summed E-state index contributed by atoms with van der Waals surface area (Å²) in [5.41, 5.74) is 1.98. The Morgan fingerprint density at radius 2 is 2.06 bits per heavy atom. The van der Waals surface area contributed by atoms with E-state index in [1.807, 2.05) is 0 Å². The molecular formula is C15H26N2S. The van der Waals surface area contributed by atoms with Gasteiger partial charge >= 0.3 is 0 Å². The smallest absolute Gasteiger partial charge is 0.107 e. The first-order chi connectivity index (χ1) is 8.33. The van der Waals surface area contributed by atoms with Crippen LogP contribution in [0.4, 0.5) is 0 Å². The van der Waals surface area contributed by atoms with Crippen molar-refractivity contribution < 1.29 is 0 Å². The van der Waals surface area contributed by atoms with Crippen molar-refractivity contribution in [3.05, 3.63) is 16.1 Å². The molecule has 0 atom stereocenters. The second kappa shape index (κ2) is 4.93. The highest BCUT2D eigenvalue weighted by Crippen LogP contribution is 2.51. The molecule has 1 fully saturated rings. The molecule has 1 aliphatic carbocycles. The van der Waals surface area contributed by atoms with E-state index in [-0.39, 0.29) is 5.41 Å². The Kier molecular flexibility index (Phi) is 3.84. The van der Waals surface area contributed by atoms with Gasteiger partial charge in [0.1, 0.15) is 5.01 Å². The van der Waals surface area contributed by atoms with E-state index in [0.717, 1.165) is 19.0 Å². The van der Waals surface area contributed by atoms with Crippen LogP contribution in [0.1, 0.15) is 58.2 Å². The maximum Gasteiger partial charge on any atom is 0.107 e. The van der Waals surface area contributed by atoms with E-state index in [4.69, 9.17) is 4.98 Å². The molecule has 1 saturated carbocycles. The molecule has 0 radical (unpaired) electrons. The van der Waals surface area contributed by atoms with Crippen LogP contribution in [0.15, 0.2) is 5.38 Å². The standard InChI is InChI=1S/C15H26N2S/c1-11(2)15(6-7-15)10-16-8-13-17-12(9-18-13)14(3,4)5/h9,11,16H,6-8,10H2,1-5H3. The first kappa shape index (κ1) is 14.0. The molecule has 0 spiro atoms. The average molecular weight is 266 g/mol. The van der Waals surface area contributed by atoms with Crippen LogP contribution >= 0.6 is 11.3 Å². The van der Waals surface area contributed by atoms with E-state index < -0.39 is 0 Å². The summed E-state index contributed by atoms with van der Waals surface area (Å²) in [6.07, 6.45) is 2.78. The van der Waals surface area contributed by atoms with Crippen molar-refractivity contribution in [2.24, 2.45) is 11.3 Å². The maximum absolute atomic E-state index is 4.72. The maximum atomic E-state index is 4.72. The summed E-state index contributed by atoms with van der Waals surface area (Å²) in [5, 5.41) is 7.02. The lowest BCUT2D eigenvalue weighted by atomic mass is 9.92. The molecule has 1 aromatic rings. The molecule has 0 amide bonds. The Morgan fingerprint density at radius 3 is 2.50 bits per heavy atom. The Labute approximate surface area is 115 Å². The quantitative estimate of drug-likeness (QED) is 0.872. The van der Waals surface area contributed by atoms with Crippen molar-refractivity contribution in [3.63, 3.8) is 0 Å². The fraction of sp³-hybridized carbons (Fsp3) is 0.800. The van der Waals surface area contributed by atoms with Crippen molar-refractivity contribution in [2.75, 3.05) is 6.54 Å². The summed E-state index contributed by atoms with van der Waals surface area (Å²) < 4.78 is 0.